The second kappa shape index (κ2) is 6.85. The number of aryl methyl sites for hydroxylation is 1. The molecule has 0 aliphatic rings. The first-order chi connectivity index (χ1) is 9.65. The maximum Gasteiger partial charge on any atom is 0.273 e. The molecule has 1 N–H and O–H groups in total. The number of benzene rings is 1. The van der Waals surface area contributed by atoms with E-state index in [0.29, 0.717) is 10.9 Å². The third-order valence-electron chi connectivity index (χ3n) is 2.53. The second-order valence-corrected chi connectivity index (χ2v) is 5.02. The Bertz CT molecular complexity index is 643. The molecule has 1 aromatic heterocycles. The van der Waals surface area contributed by atoms with Crippen LogP contribution in [0.1, 0.15) is 17.7 Å². The molecule has 0 amide bonds. The lowest BCUT2D eigenvalue weighted by Crippen LogP contribution is -2.25. The first kappa shape index (κ1) is 14.3. The lowest BCUT2D eigenvalue weighted by molar-refractivity contribution is -0.305. The Balaban J connectivity index is 1.98. The molecule has 0 atom stereocenters. The van der Waals surface area contributed by atoms with Crippen molar-refractivity contribution in [2.24, 2.45) is 0 Å². The highest BCUT2D eigenvalue weighted by molar-refractivity contribution is 7.98. The third kappa shape index (κ3) is 4.20. The Morgan fingerprint density at radius 2 is 2.00 bits per heavy atom. The van der Waals surface area contributed by atoms with E-state index >= 15 is 0 Å². The number of aromatic nitrogens is 3. The minimum atomic E-state index is -1.21. The zero-order chi connectivity index (χ0) is 14.4. The number of hydrogen-bond donors (Lipinski definition) is 1. The van der Waals surface area contributed by atoms with E-state index in [-0.39, 0.29) is 18.5 Å². The zero-order valence-corrected chi connectivity index (χ0v) is 11.4. The summed E-state index contributed by atoms with van der Waals surface area (Å²) in [7, 11) is 0. The molecule has 0 aliphatic carbocycles. The van der Waals surface area contributed by atoms with E-state index in [1.54, 1.807) is 0 Å². The standard InChI is InChI=1S/C13H13N3O3S/c17-11(18)7-6-10-12(19)14-13(16-15-10)20-8-9-4-2-1-3-5-9/h1-5H,6-8H2,(H,17,18)(H,14,16,19)/p-1. The third-order valence-corrected chi connectivity index (χ3v) is 3.46. The molecule has 0 radical (unpaired) electrons. The molecule has 0 aliphatic heterocycles. The van der Waals surface area contributed by atoms with Gasteiger partial charge in [0.05, 0.1) is 0 Å². The molecule has 0 unspecified atom stereocenters. The summed E-state index contributed by atoms with van der Waals surface area (Å²) in [6, 6.07) is 9.77. The molecule has 6 nitrogen and oxygen atoms in total. The first-order valence-electron chi connectivity index (χ1n) is 5.97. The highest BCUT2D eigenvalue weighted by atomic mass is 32.2. The number of nitrogens with zero attached hydrogens (tertiary/aromatic N) is 2. The lowest BCUT2D eigenvalue weighted by Gasteiger charge is -2.03. The van der Waals surface area contributed by atoms with Gasteiger partial charge in [0.1, 0.15) is 5.69 Å². The van der Waals surface area contributed by atoms with Crippen molar-refractivity contribution in [1.82, 2.24) is 15.2 Å². The van der Waals surface area contributed by atoms with E-state index in [1.807, 2.05) is 30.3 Å². The minimum Gasteiger partial charge on any atom is -0.550 e. The molecule has 104 valence electrons. The predicted molar refractivity (Wildman–Crippen MR) is 72.0 cm³/mol. The summed E-state index contributed by atoms with van der Waals surface area (Å²) >= 11 is 1.36. The van der Waals surface area contributed by atoms with Crippen LogP contribution in [-0.4, -0.2) is 21.2 Å². The van der Waals surface area contributed by atoms with Gasteiger partial charge < -0.3 is 9.90 Å². The Morgan fingerprint density at radius 1 is 1.25 bits per heavy atom. The fourth-order valence-corrected chi connectivity index (χ4v) is 2.28. The SMILES string of the molecule is O=C([O-])CCc1nnc(SCc2ccccc2)[nH]c1=O. The molecule has 0 bridgehead atoms. The molecule has 0 saturated heterocycles. The topological polar surface area (TPSA) is 98.8 Å². The summed E-state index contributed by atoms with van der Waals surface area (Å²) in [5.41, 5.74) is 0.816. The molecule has 7 heteroatoms. The number of aliphatic carboxylic acids is 1. The van der Waals surface area contributed by atoms with E-state index in [9.17, 15) is 14.7 Å². The second-order valence-electron chi connectivity index (χ2n) is 4.05. The van der Waals surface area contributed by atoms with Gasteiger partial charge in [0.2, 0.25) is 0 Å². The number of nitrogens with one attached hydrogen (secondary N) is 1. The highest BCUT2D eigenvalue weighted by Crippen LogP contribution is 2.17. The molecule has 1 heterocycles. The van der Waals surface area contributed by atoms with Crippen molar-refractivity contribution in [3.05, 3.63) is 51.9 Å². The number of carbonyl (C=O) groups excluding carboxylic acids is 1. The van der Waals surface area contributed by atoms with Crippen LogP contribution in [0.3, 0.4) is 0 Å². The number of carboxylic acid groups (broad SMARTS) is 1. The van der Waals surface area contributed by atoms with E-state index in [2.05, 4.69) is 15.2 Å². The molecule has 2 rings (SSSR count). The van der Waals surface area contributed by atoms with Gasteiger partial charge in [0, 0.05) is 18.1 Å². The van der Waals surface area contributed by atoms with Crippen LogP contribution >= 0.6 is 11.8 Å². The fraction of sp³-hybridized carbons (Fsp3) is 0.231. The van der Waals surface area contributed by atoms with Crippen molar-refractivity contribution in [3.63, 3.8) is 0 Å². The van der Waals surface area contributed by atoms with Crippen molar-refractivity contribution in [2.75, 3.05) is 0 Å². The number of carbonyl (C=O) groups is 1. The summed E-state index contributed by atoms with van der Waals surface area (Å²) in [5.74, 6) is -0.544. The smallest absolute Gasteiger partial charge is 0.273 e. The number of thioether (sulfide) groups is 1. The molecular weight excluding hydrogens is 278 g/mol. The monoisotopic (exact) mass is 290 g/mol. The largest absolute Gasteiger partial charge is 0.550 e. The van der Waals surface area contributed by atoms with Gasteiger partial charge in [-0.15, -0.1) is 10.2 Å². The van der Waals surface area contributed by atoms with E-state index in [4.69, 9.17) is 0 Å². The maximum atomic E-state index is 11.7. The molecule has 0 saturated carbocycles. The van der Waals surface area contributed by atoms with Gasteiger partial charge in [-0.1, -0.05) is 42.1 Å². The Morgan fingerprint density at radius 3 is 2.65 bits per heavy atom. The number of aromatic amines is 1. The molecule has 20 heavy (non-hydrogen) atoms. The molecule has 2 aromatic rings. The van der Waals surface area contributed by atoms with Crippen LogP contribution in [0, 0.1) is 0 Å². The summed E-state index contributed by atoms with van der Waals surface area (Å²) in [6.07, 6.45) is -0.220. The van der Waals surface area contributed by atoms with Crippen LogP contribution in [0.5, 0.6) is 0 Å². The van der Waals surface area contributed by atoms with Crippen molar-refractivity contribution < 1.29 is 9.90 Å². The van der Waals surface area contributed by atoms with E-state index in [0.717, 1.165) is 5.56 Å². The Kier molecular flexibility index (Phi) is 4.89. The van der Waals surface area contributed by atoms with Gasteiger partial charge in [-0.05, 0) is 12.0 Å². The summed E-state index contributed by atoms with van der Waals surface area (Å²) in [4.78, 5) is 24.6. The number of rotatable bonds is 6. The quantitative estimate of drug-likeness (QED) is 0.760. The van der Waals surface area contributed by atoms with Crippen LogP contribution in [0.25, 0.3) is 0 Å². The molecule has 1 aromatic carbocycles. The van der Waals surface area contributed by atoms with Gasteiger partial charge in [-0.3, -0.25) is 9.78 Å². The van der Waals surface area contributed by atoms with E-state index in [1.165, 1.54) is 11.8 Å². The van der Waals surface area contributed by atoms with Crippen molar-refractivity contribution >= 4 is 17.7 Å². The molecule has 0 fully saturated rings. The predicted octanol–water partition coefficient (Wildman–Crippen LogP) is 0.140. The fourth-order valence-electron chi connectivity index (χ4n) is 1.52. The van der Waals surface area contributed by atoms with Gasteiger partial charge in [-0.25, -0.2) is 0 Å². The van der Waals surface area contributed by atoms with E-state index < -0.39 is 11.5 Å². The average Bonchev–Trinajstić information content (AvgIpc) is 2.45. The first-order valence-corrected chi connectivity index (χ1v) is 6.96. The van der Waals surface area contributed by atoms with Crippen LogP contribution in [0.2, 0.25) is 0 Å². The van der Waals surface area contributed by atoms with Gasteiger partial charge in [0.25, 0.3) is 5.56 Å². The number of carboxylic acids is 1. The Hall–Kier alpha value is -2.15. The van der Waals surface area contributed by atoms with Crippen LogP contribution in [-0.2, 0) is 17.0 Å². The summed E-state index contributed by atoms with van der Waals surface area (Å²) < 4.78 is 0. The maximum absolute atomic E-state index is 11.7. The summed E-state index contributed by atoms with van der Waals surface area (Å²) in [6.45, 7) is 0. The van der Waals surface area contributed by atoms with Crippen molar-refractivity contribution in [3.8, 4) is 0 Å². The van der Waals surface area contributed by atoms with Crippen LogP contribution in [0.4, 0.5) is 0 Å². The molecular formula is C13H12N3O3S-. The van der Waals surface area contributed by atoms with Crippen molar-refractivity contribution in [2.45, 2.75) is 23.8 Å². The Labute approximate surface area is 119 Å². The van der Waals surface area contributed by atoms with Gasteiger partial charge >= 0.3 is 0 Å². The zero-order valence-electron chi connectivity index (χ0n) is 10.5. The van der Waals surface area contributed by atoms with Crippen LogP contribution in [0.15, 0.2) is 40.3 Å². The summed E-state index contributed by atoms with van der Waals surface area (Å²) in [5, 5.41) is 18.4. The average molecular weight is 290 g/mol. The number of hydrogen-bond acceptors (Lipinski definition) is 6. The van der Waals surface area contributed by atoms with Gasteiger partial charge in [-0.2, -0.15) is 0 Å². The lowest BCUT2D eigenvalue weighted by atomic mass is 10.2. The normalized spacial score (nSPS) is 10.4. The van der Waals surface area contributed by atoms with Gasteiger partial charge in [0.15, 0.2) is 5.16 Å². The number of H-pyrrole nitrogens is 1. The highest BCUT2D eigenvalue weighted by Gasteiger charge is 2.05. The minimum absolute atomic E-state index is 0.0221. The van der Waals surface area contributed by atoms with Crippen molar-refractivity contribution in [1.29, 1.82) is 0 Å². The van der Waals surface area contributed by atoms with Crippen LogP contribution < -0.4 is 10.7 Å². The molecule has 0 spiro atoms.